The predicted octanol–water partition coefficient (Wildman–Crippen LogP) is 10.4. The molecule has 1 fully saturated rings. The first-order valence-corrected chi connectivity index (χ1v) is 17.6. The van der Waals surface area contributed by atoms with Crippen LogP contribution in [-0.4, -0.2) is 20.3 Å². The molecule has 3 rings (SSSR count). The monoisotopic (exact) mass is 496 g/mol. The zero-order valence-corrected chi connectivity index (χ0v) is 26.1. The lowest BCUT2D eigenvalue weighted by Gasteiger charge is -2.56. The third kappa shape index (κ3) is 4.88. The van der Waals surface area contributed by atoms with Gasteiger partial charge in [0.2, 0.25) is 0 Å². The minimum absolute atomic E-state index is 0.00596. The standard InChI is InChI=1S/C33H56OSi/c1-12-33(35(10,11)32(9)26(4)24(2)25(3)27(32)5)23-28(29-20-16-17-21-30(29)33)19-15-13-14-18-22-34-31(6,7)8/h16-17,20-21,28-30H,12-15,18-19,22-23H2,1-11H3. The van der Waals surface area contributed by atoms with Crippen molar-refractivity contribution in [2.45, 2.75) is 136 Å². The first-order valence-electron chi connectivity index (χ1n) is 14.6. The smallest absolute Gasteiger partial charge is 0.0698 e. The Kier molecular flexibility index (Phi) is 8.60. The van der Waals surface area contributed by atoms with Gasteiger partial charge in [0.1, 0.15) is 0 Å². The Morgan fingerprint density at radius 3 is 2.06 bits per heavy atom. The molecule has 3 aliphatic carbocycles. The van der Waals surface area contributed by atoms with E-state index in [2.05, 4.69) is 99.7 Å². The lowest BCUT2D eigenvalue weighted by molar-refractivity contribution is -0.00477. The van der Waals surface area contributed by atoms with Gasteiger partial charge in [0.15, 0.2) is 0 Å². The molecule has 0 aromatic rings. The van der Waals surface area contributed by atoms with Gasteiger partial charge >= 0.3 is 0 Å². The summed E-state index contributed by atoms with van der Waals surface area (Å²) in [7, 11) is -1.77. The molecule has 0 bridgehead atoms. The van der Waals surface area contributed by atoms with Crippen molar-refractivity contribution in [2.24, 2.45) is 17.8 Å². The van der Waals surface area contributed by atoms with Crippen LogP contribution in [0.25, 0.3) is 0 Å². The molecule has 3 aliphatic rings. The number of allylic oxidation sites excluding steroid dienone is 8. The first kappa shape index (κ1) is 28.7. The van der Waals surface area contributed by atoms with E-state index in [1.54, 1.807) is 22.3 Å². The molecule has 35 heavy (non-hydrogen) atoms. The highest BCUT2D eigenvalue weighted by molar-refractivity contribution is 6.84. The first-order chi connectivity index (χ1) is 16.2. The molecule has 0 heterocycles. The fraction of sp³-hybridized carbons (Fsp3) is 0.758. The Morgan fingerprint density at radius 2 is 1.49 bits per heavy atom. The van der Waals surface area contributed by atoms with E-state index in [0.717, 1.165) is 18.4 Å². The third-order valence-electron chi connectivity index (χ3n) is 11.3. The molecule has 0 spiro atoms. The van der Waals surface area contributed by atoms with Crippen molar-refractivity contribution in [3.8, 4) is 0 Å². The molecule has 0 aromatic heterocycles. The lowest BCUT2D eigenvalue weighted by Crippen LogP contribution is -2.54. The van der Waals surface area contributed by atoms with Crippen molar-refractivity contribution in [3.63, 3.8) is 0 Å². The normalized spacial score (nSPS) is 30.5. The lowest BCUT2D eigenvalue weighted by atomic mass is 9.81. The second-order valence-corrected chi connectivity index (χ2v) is 19.0. The number of hydrogen-bond donors (Lipinski definition) is 0. The molecule has 198 valence electrons. The van der Waals surface area contributed by atoms with E-state index >= 15 is 0 Å². The van der Waals surface area contributed by atoms with Gasteiger partial charge in [-0.1, -0.05) is 88.1 Å². The van der Waals surface area contributed by atoms with Crippen LogP contribution in [0.4, 0.5) is 0 Å². The molecular formula is C33H56OSi. The van der Waals surface area contributed by atoms with Gasteiger partial charge in [0.05, 0.1) is 13.7 Å². The van der Waals surface area contributed by atoms with E-state index in [1.165, 1.54) is 44.9 Å². The Balaban J connectivity index is 1.78. The summed E-state index contributed by atoms with van der Waals surface area (Å²) >= 11 is 0. The summed E-state index contributed by atoms with van der Waals surface area (Å²) in [6.07, 6.45) is 19.3. The van der Waals surface area contributed by atoms with E-state index in [9.17, 15) is 0 Å². The molecule has 0 N–H and O–H groups in total. The molecule has 0 aliphatic heterocycles. The molecule has 0 saturated heterocycles. The van der Waals surface area contributed by atoms with Crippen LogP contribution in [0.1, 0.15) is 107 Å². The Bertz CT molecular complexity index is 869. The minimum atomic E-state index is -1.77. The van der Waals surface area contributed by atoms with Gasteiger partial charge in [-0.05, 0) is 102 Å². The van der Waals surface area contributed by atoms with Crippen LogP contribution in [0.3, 0.4) is 0 Å². The van der Waals surface area contributed by atoms with Crippen LogP contribution in [0.2, 0.25) is 23.2 Å². The number of unbranched alkanes of at least 4 members (excludes halogenated alkanes) is 3. The summed E-state index contributed by atoms with van der Waals surface area (Å²) in [5.74, 6) is 2.28. The molecule has 4 unspecified atom stereocenters. The van der Waals surface area contributed by atoms with Crippen molar-refractivity contribution >= 4 is 8.07 Å². The Hall–Kier alpha value is -0.863. The van der Waals surface area contributed by atoms with Gasteiger partial charge in [0, 0.05) is 11.6 Å². The van der Waals surface area contributed by atoms with Gasteiger partial charge in [-0.3, -0.25) is 0 Å². The van der Waals surface area contributed by atoms with Crippen LogP contribution in [0, 0.1) is 17.8 Å². The van der Waals surface area contributed by atoms with Crippen molar-refractivity contribution in [1.29, 1.82) is 0 Å². The van der Waals surface area contributed by atoms with Gasteiger partial charge in [-0.2, -0.15) is 0 Å². The van der Waals surface area contributed by atoms with Crippen LogP contribution in [-0.2, 0) is 4.74 Å². The number of hydrogen-bond acceptors (Lipinski definition) is 1. The highest BCUT2D eigenvalue weighted by Gasteiger charge is 2.65. The molecule has 0 amide bonds. The largest absolute Gasteiger partial charge is 0.376 e. The second-order valence-electron chi connectivity index (χ2n) is 13.8. The van der Waals surface area contributed by atoms with Crippen molar-refractivity contribution in [1.82, 2.24) is 0 Å². The quantitative estimate of drug-likeness (QED) is 0.216. The molecule has 0 radical (unpaired) electrons. The fourth-order valence-corrected chi connectivity index (χ4v) is 14.4. The highest BCUT2D eigenvalue weighted by Crippen LogP contribution is 2.73. The summed E-state index contributed by atoms with van der Waals surface area (Å²) in [6, 6.07) is 0. The predicted molar refractivity (Wildman–Crippen MR) is 158 cm³/mol. The number of rotatable bonds is 10. The van der Waals surface area contributed by atoms with E-state index < -0.39 is 8.07 Å². The summed E-state index contributed by atoms with van der Waals surface area (Å²) in [5.41, 5.74) is 6.47. The number of ether oxygens (including phenoxy) is 1. The third-order valence-corrected chi connectivity index (χ3v) is 17.9. The van der Waals surface area contributed by atoms with Crippen LogP contribution in [0.15, 0.2) is 46.6 Å². The molecule has 2 heteroatoms. The average molecular weight is 497 g/mol. The van der Waals surface area contributed by atoms with Crippen molar-refractivity contribution in [2.75, 3.05) is 6.61 Å². The van der Waals surface area contributed by atoms with E-state index in [0.29, 0.717) is 11.0 Å². The SMILES string of the molecule is CCC1([Si](C)(C)C2(C)C(C)=C(C)C(C)=C2C)CC(CCCCCCOC(C)(C)C)C2C=CC=CC21. The maximum atomic E-state index is 5.93. The summed E-state index contributed by atoms with van der Waals surface area (Å²) in [5, 5.41) is 0.713. The van der Waals surface area contributed by atoms with Crippen LogP contribution < -0.4 is 0 Å². The average Bonchev–Trinajstić information content (AvgIpc) is 3.21. The molecule has 4 atom stereocenters. The van der Waals surface area contributed by atoms with E-state index in [4.69, 9.17) is 4.74 Å². The fourth-order valence-electron chi connectivity index (χ4n) is 8.43. The zero-order valence-electron chi connectivity index (χ0n) is 25.1. The molecular weight excluding hydrogens is 440 g/mol. The Labute approximate surface area is 219 Å². The Morgan fingerprint density at radius 1 is 0.914 bits per heavy atom. The molecule has 1 saturated carbocycles. The number of fused-ring (bicyclic) bond motifs is 1. The van der Waals surface area contributed by atoms with Gasteiger partial charge in [-0.25, -0.2) is 0 Å². The van der Waals surface area contributed by atoms with Gasteiger partial charge in [0.25, 0.3) is 0 Å². The van der Waals surface area contributed by atoms with Crippen LogP contribution >= 0.6 is 0 Å². The maximum Gasteiger partial charge on any atom is 0.0698 e. The summed E-state index contributed by atoms with van der Waals surface area (Å²) < 4.78 is 5.93. The molecule has 0 aromatic carbocycles. The van der Waals surface area contributed by atoms with Crippen molar-refractivity contribution in [3.05, 3.63) is 46.6 Å². The van der Waals surface area contributed by atoms with Crippen molar-refractivity contribution < 1.29 is 4.74 Å². The summed E-state index contributed by atoms with van der Waals surface area (Å²) in [6.45, 7) is 27.7. The maximum absolute atomic E-state index is 5.93. The topological polar surface area (TPSA) is 9.23 Å². The van der Waals surface area contributed by atoms with Gasteiger partial charge in [-0.15, -0.1) is 0 Å². The van der Waals surface area contributed by atoms with E-state index in [-0.39, 0.29) is 10.6 Å². The summed E-state index contributed by atoms with van der Waals surface area (Å²) in [4.78, 5) is 0. The zero-order chi connectivity index (χ0) is 26.2. The minimum Gasteiger partial charge on any atom is -0.376 e. The second kappa shape index (κ2) is 10.5. The van der Waals surface area contributed by atoms with E-state index in [1.807, 2.05) is 0 Å². The highest BCUT2D eigenvalue weighted by atomic mass is 28.3. The van der Waals surface area contributed by atoms with Crippen LogP contribution in [0.5, 0.6) is 0 Å². The molecule has 1 nitrogen and oxygen atoms in total. The van der Waals surface area contributed by atoms with Gasteiger partial charge < -0.3 is 4.74 Å².